The smallest absolute Gasteiger partial charge is 0.340 e. The van der Waals surface area contributed by atoms with Crippen LogP contribution in [0.25, 0.3) is 11.0 Å². The van der Waals surface area contributed by atoms with Crippen molar-refractivity contribution in [2.75, 3.05) is 20.4 Å². The van der Waals surface area contributed by atoms with Gasteiger partial charge in [0, 0.05) is 29.6 Å². The largest absolute Gasteiger partial charge is 0.477 e. The minimum Gasteiger partial charge on any atom is -0.477 e. The normalized spacial score (nSPS) is 14.2. The van der Waals surface area contributed by atoms with Crippen LogP contribution in [0, 0.1) is 13.8 Å². The van der Waals surface area contributed by atoms with Gasteiger partial charge in [0.05, 0.1) is 19.1 Å². The van der Waals surface area contributed by atoms with Gasteiger partial charge in [-0.3, -0.25) is 9.69 Å². The summed E-state index contributed by atoms with van der Waals surface area (Å²) in [4.78, 5) is 26.2. The van der Waals surface area contributed by atoms with E-state index >= 15 is 0 Å². The number of aryl methyl sites for hydroxylation is 2. The van der Waals surface area contributed by atoms with Gasteiger partial charge >= 0.3 is 11.6 Å². The van der Waals surface area contributed by atoms with E-state index in [1.165, 1.54) is 7.11 Å². The van der Waals surface area contributed by atoms with Crippen molar-refractivity contribution in [1.82, 2.24) is 4.90 Å². The zero-order chi connectivity index (χ0) is 18.1. The van der Waals surface area contributed by atoms with Crippen LogP contribution in [-0.4, -0.2) is 31.3 Å². The van der Waals surface area contributed by atoms with E-state index in [0.717, 1.165) is 47.3 Å². The van der Waals surface area contributed by atoms with Gasteiger partial charge in [0.1, 0.15) is 18.1 Å². The summed E-state index contributed by atoms with van der Waals surface area (Å²) in [6.45, 7) is 8.18. The third-order valence-corrected chi connectivity index (χ3v) is 4.71. The average Bonchev–Trinajstić information content (AvgIpc) is 2.60. The van der Waals surface area contributed by atoms with Gasteiger partial charge in [0.15, 0.2) is 0 Å². The molecule has 6 heteroatoms. The topological polar surface area (TPSA) is 69.0 Å². The Bertz CT molecular complexity index is 884. The van der Waals surface area contributed by atoms with Gasteiger partial charge in [-0.15, -0.1) is 0 Å². The van der Waals surface area contributed by atoms with Crippen LogP contribution in [0.15, 0.2) is 15.3 Å². The fraction of sp³-hybridized carbons (Fsp3) is 0.474. The number of rotatable bonds is 4. The quantitative estimate of drug-likeness (QED) is 0.627. The average molecular weight is 345 g/mol. The van der Waals surface area contributed by atoms with E-state index < -0.39 is 11.6 Å². The molecule has 25 heavy (non-hydrogen) atoms. The lowest BCUT2D eigenvalue weighted by Gasteiger charge is -2.30. The van der Waals surface area contributed by atoms with Crippen LogP contribution < -0.4 is 10.4 Å². The van der Waals surface area contributed by atoms with Gasteiger partial charge in [-0.2, -0.15) is 0 Å². The number of esters is 1. The second kappa shape index (κ2) is 6.88. The summed E-state index contributed by atoms with van der Waals surface area (Å²) in [5.74, 6) is 0.338. The van der Waals surface area contributed by atoms with E-state index in [-0.39, 0.29) is 6.42 Å². The van der Waals surface area contributed by atoms with Crippen molar-refractivity contribution in [3.8, 4) is 5.75 Å². The molecule has 0 fully saturated rings. The van der Waals surface area contributed by atoms with Crippen LogP contribution in [-0.2, 0) is 22.5 Å². The Morgan fingerprint density at radius 2 is 2.08 bits per heavy atom. The molecule has 0 N–H and O–H groups in total. The van der Waals surface area contributed by atoms with E-state index in [2.05, 4.69) is 16.6 Å². The fourth-order valence-electron chi connectivity index (χ4n) is 3.37. The molecule has 0 unspecified atom stereocenters. The number of carbonyl (C=O) groups excluding carboxylic acids is 1. The molecule has 0 saturated heterocycles. The molecular formula is C19H23NO5. The number of ether oxygens (including phenoxy) is 2. The Kier molecular flexibility index (Phi) is 4.81. The highest BCUT2D eigenvalue weighted by Crippen LogP contribution is 2.36. The molecular weight excluding hydrogens is 322 g/mol. The third kappa shape index (κ3) is 3.14. The molecule has 0 radical (unpaired) electrons. The maximum Gasteiger partial charge on any atom is 0.340 e. The maximum atomic E-state index is 12.3. The molecule has 2 heterocycles. The molecule has 0 atom stereocenters. The molecule has 6 nitrogen and oxygen atoms in total. The molecule has 0 aliphatic carbocycles. The Balaban J connectivity index is 2.15. The standard InChI is InChI=1S/C19H23NO5/c1-5-6-20-9-13-7-14-11(2)15(8-16(21)23-4)19(22)25-18(14)12(3)17(13)24-10-20/h7H,5-6,8-10H2,1-4H3. The summed E-state index contributed by atoms with van der Waals surface area (Å²) in [5, 5.41) is 0.844. The lowest BCUT2D eigenvalue weighted by atomic mass is 9.98. The van der Waals surface area contributed by atoms with Crippen molar-refractivity contribution >= 4 is 16.9 Å². The Morgan fingerprint density at radius 1 is 1.32 bits per heavy atom. The van der Waals surface area contributed by atoms with E-state index in [1.807, 2.05) is 19.9 Å². The van der Waals surface area contributed by atoms with Gasteiger partial charge < -0.3 is 13.9 Å². The lowest BCUT2D eigenvalue weighted by molar-refractivity contribution is -0.139. The number of hydrogen-bond donors (Lipinski definition) is 0. The van der Waals surface area contributed by atoms with Crippen molar-refractivity contribution in [2.24, 2.45) is 0 Å². The predicted molar refractivity (Wildman–Crippen MR) is 93.9 cm³/mol. The van der Waals surface area contributed by atoms with Crippen molar-refractivity contribution < 1.29 is 18.7 Å². The second-order valence-corrected chi connectivity index (χ2v) is 6.44. The lowest BCUT2D eigenvalue weighted by Crippen LogP contribution is -2.33. The first-order valence-electron chi connectivity index (χ1n) is 8.47. The van der Waals surface area contributed by atoms with Crippen LogP contribution >= 0.6 is 0 Å². The molecule has 1 aromatic heterocycles. The van der Waals surface area contributed by atoms with Gasteiger partial charge in [0.2, 0.25) is 0 Å². The molecule has 2 aromatic rings. The van der Waals surface area contributed by atoms with Crippen molar-refractivity contribution in [2.45, 2.75) is 40.2 Å². The monoisotopic (exact) mass is 345 g/mol. The Labute approximate surface area is 146 Å². The van der Waals surface area contributed by atoms with Crippen molar-refractivity contribution in [3.05, 3.63) is 38.7 Å². The molecule has 1 aliphatic rings. The molecule has 0 amide bonds. The molecule has 1 aliphatic heterocycles. The molecule has 134 valence electrons. The van der Waals surface area contributed by atoms with Gasteiger partial charge in [-0.25, -0.2) is 4.79 Å². The first-order chi connectivity index (χ1) is 12.0. The van der Waals surface area contributed by atoms with Gasteiger partial charge in [-0.1, -0.05) is 6.92 Å². The second-order valence-electron chi connectivity index (χ2n) is 6.44. The first-order valence-corrected chi connectivity index (χ1v) is 8.47. The Hall–Kier alpha value is -2.34. The highest BCUT2D eigenvalue weighted by molar-refractivity contribution is 5.88. The van der Waals surface area contributed by atoms with Crippen LogP contribution in [0.2, 0.25) is 0 Å². The van der Waals surface area contributed by atoms with Crippen LogP contribution in [0.1, 0.15) is 35.6 Å². The summed E-state index contributed by atoms with van der Waals surface area (Å²) in [6, 6.07) is 2.01. The van der Waals surface area contributed by atoms with E-state index in [9.17, 15) is 9.59 Å². The molecule has 3 rings (SSSR count). The van der Waals surface area contributed by atoms with E-state index in [4.69, 9.17) is 9.15 Å². The molecule has 0 bridgehead atoms. The molecule has 0 spiro atoms. The highest BCUT2D eigenvalue weighted by atomic mass is 16.5. The zero-order valence-corrected chi connectivity index (χ0v) is 15.1. The fourth-order valence-corrected chi connectivity index (χ4v) is 3.37. The Morgan fingerprint density at radius 3 is 2.76 bits per heavy atom. The van der Waals surface area contributed by atoms with Crippen LogP contribution in [0.4, 0.5) is 0 Å². The van der Waals surface area contributed by atoms with Crippen molar-refractivity contribution in [1.29, 1.82) is 0 Å². The summed E-state index contributed by atoms with van der Waals surface area (Å²) in [7, 11) is 1.31. The summed E-state index contributed by atoms with van der Waals surface area (Å²) < 4.78 is 16.1. The number of fused-ring (bicyclic) bond motifs is 2. The third-order valence-electron chi connectivity index (χ3n) is 4.71. The summed E-state index contributed by atoms with van der Waals surface area (Å²) in [5.41, 5.74) is 3.04. The van der Waals surface area contributed by atoms with E-state index in [1.54, 1.807) is 0 Å². The molecule has 0 saturated carbocycles. The van der Waals surface area contributed by atoms with Crippen molar-refractivity contribution in [3.63, 3.8) is 0 Å². The number of methoxy groups -OCH3 is 1. The number of hydrogen-bond acceptors (Lipinski definition) is 6. The predicted octanol–water partition coefficient (Wildman–Crippen LogP) is 2.69. The van der Waals surface area contributed by atoms with Gasteiger partial charge in [0.25, 0.3) is 0 Å². The minimum atomic E-state index is -0.498. The molecule has 1 aromatic carbocycles. The minimum absolute atomic E-state index is 0.0881. The number of benzene rings is 1. The SMILES string of the molecule is CCCN1COc2c(cc3c(C)c(CC(=O)OC)c(=O)oc3c2C)C1. The summed E-state index contributed by atoms with van der Waals surface area (Å²) >= 11 is 0. The number of carbonyl (C=O) groups is 1. The zero-order valence-electron chi connectivity index (χ0n) is 15.1. The summed E-state index contributed by atoms with van der Waals surface area (Å²) in [6.07, 6.45) is 0.970. The highest BCUT2D eigenvalue weighted by Gasteiger charge is 2.24. The number of nitrogens with zero attached hydrogens (tertiary/aromatic N) is 1. The van der Waals surface area contributed by atoms with Gasteiger partial charge in [-0.05, 0) is 31.9 Å². The van der Waals surface area contributed by atoms with Crippen LogP contribution in [0.3, 0.4) is 0 Å². The van der Waals surface area contributed by atoms with E-state index in [0.29, 0.717) is 17.9 Å². The first kappa shape index (κ1) is 17.5. The maximum absolute atomic E-state index is 12.3. The van der Waals surface area contributed by atoms with Crippen LogP contribution in [0.5, 0.6) is 5.75 Å².